The van der Waals surface area contributed by atoms with Gasteiger partial charge in [0, 0.05) is 6.61 Å². The van der Waals surface area contributed by atoms with Crippen LogP contribution >= 0.6 is 0 Å². The zero-order valence-corrected chi connectivity index (χ0v) is 12.8. The van der Waals surface area contributed by atoms with E-state index in [0.717, 1.165) is 0 Å². The van der Waals surface area contributed by atoms with Gasteiger partial charge in [0.25, 0.3) is 0 Å². The predicted molar refractivity (Wildman–Crippen MR) is 70.1 cm³/mol. The lowest BCUT2D eigenvalue weighted by atomic mass is 10.00. The molecule has 0 bridgehead atoms. The highest BCUT2D eigenvalue weighted by Gasteiger charge is 2.37. The van der Waals surface area contributed by atoms with Crippen LogP contribution in [0.5, 0.6) is 0 Å². The summed E-state index contributed by atoms with van der Waals surface area (Å²) in [6, 6.07) is 0. The molecular weight excluding hydrogens is 220 g/mol. The number of rotatable bonds is 5. The van der Waals surface area contributed by atoms with Gasteiger partial charge in [-0.3, -0.25) is 0 Å². The highest BCUT2D eigenvalue weighted by Crippen LogP contribution is 2.36. The SMILES string of the molecule is CC(C)(O)[C@H](O)CCO[Si](C)(C)C(C)(C)C. The van der Waals surface area contributed by atoms with Crippen LogP contribution in [0.4, 0.5) is 0 Å². The lowest BCUT2D eigenvalue weighted by molar-refractivity contribution is -0.0562. The average molecular weight is 248 g/mol. The number of aliphatic hydroxyl groups is 2. The Morgan fingerprint density at radius 2 is 1.56 bits per heavy atom. The molecule has 0 aromatic carbocycles. The maximum absolute atomic E-state index is 9.67. The van der Waals surface area contributed by atoms with Crippen molar-refractivity contribution in [3.8, 4) is 0 Å². The molecule has 0 aliphatic heterocycles. The van der Waals surface area contributed by atoms with E-state index in [-0.39, 0.29) is 5.04 Å². The van der Waals surface area contributed by atoms with Crippen LogP contribution in [0.3, 0.4) is 0 Å². The minimum atomic E-state index is -1.72. The van der Waals surface area contributed by atoms with Crippen molar-refractivity contribution >= 4 is 8.32 Å². The summed E-state index contributed by atoms with van der Waals surface area (Å²) in [5.41, 5.74) is -1.04. The number of hydrogen-bond donors (Lipinski definition) is 2. The second kappa shape index (κ2) is 5.17. The quantitative estimate of drug-likeness (QED) is 0.735. The molecule has 0 aromatic heterocycles. The second-order valence-corrected chi connectivity index (χ2v) is 11.4. The molecule has 0 aliphatic carbocycles. The minimum Gasteiger partial charge on any atom is -0.417 e. The first-order chi connectivity index (χ1) is 6.88. The van der Waals surface area contributed by atoms with Gasteiger partial charge in [-0.25, -0.2) is 0 Å². The molecular formula is C12H28O3Si. The van der Waals surface area contributed by atoms with Crippen LogP contribution < -0.4 is 0 Å². The first kappa shape index (κ1) is 16.1. The smallest absolute Gasteiger partial charge is 0.191 e. The highest BCUT2D eigenvalue weighted by molar-refractivity contribution is 6.74. The molecule has 16 heavy (non-hydrogen) atoms. The van der Waals surface area contributed by atoms with Crippen LogP contribution in [0.1, 0.15) is 41.0 Å². The molecule has 0 aliphatic rings. The van der Waals surface area contributed by atoms with Crippen molar-refractivity contribution in [2.75, 3.05) is 6.61 Å². The van der Waals surface area contributed by atoms with Gasteiger partial charge >= 0.3 is 0 Å². The normalized spacial score (nSPS) is 16.3. The second-order valence-electron chi connectivity index (χ2n) is 6.57. The van der Waals surface area contributed by atoms with Crippen LogP contribution in [-0.4, -0.2) is 36.8 Å². The van der Waals surface area contributed by atoms with Crippen LogP contribution in [0.2, 0.25) is 18.1 Å². The van der Waals surface area contributed by atoms with Crippen molar-refractivity contribution in [2.24, 2.45) is 0 Å². The largest absolute Gasteiger partial charge is 0.417 e. The third-order valence-corrected chi connectivity index (χ3v) is 8.01. The fourth-order valence-corrected chi connectivity index (χ4v) is 2.06. The van der Waals surface area contributed by atoms with Gasteiger partial charge in [-0.2, -0.15) is 0 Å². The molecule has 0 amide bonds. The van der Waals surface area contributed by atoms with Crippen LogP contribution in [0, 0.1) is 0 Å². The Kier molecular flexibility index (Phi) is 5.20. The maximum atomic E-state index is 9.67. The summed E-state index contributed by atoms with van der Waals surface area (Å²) in [6.45, 7) is 14.7. The molecule has 1 atom stereocenters. The molecule has 0 radical (unpaired) electrons. The molecule has 98 valence electrons. The molecule has 0 saturated carbocycles. The lowest BCUT2D eigenvalue weighted by Crippen LogP contribution is -2.43. The monoisotopic (exact) mass is 248 g/mol. The fraction of sp³-hybridized carbons (Fsp3) is 1.00. The molecule has 0 saturated heterocycles. The summed E-state index contributed by atoms with van der Waals surface area (Å²) < 4.78 is 5.93. The summed E-state index contributed by atoms with van der Waals surface area (Å²) in [4.78, 5) is 0. The Hall–Kier alpha value is 0.0969. The molecule has 0 rings (SSSR count). The van der Waals surface area contributed by atoms with Crippen molar-refractivity contribution in [3.05, 3.63) is 0 Å². The summed E-state index contributed by atoms with van der Waals surface area (Å²) in [5, 5.41) is 19.4. The summed E-state index contributed by atoms with van der Waals surface area (Å²) in [7, 11) is -1.72. The van der Waals surface area contributed by atoms with Crippen LogP contribution in [0.15, 0.2) is 0 Å². The van der Waals surface area contributed by atoms with E-state index in [4.69, 9.17) is 4.43 Å². The van der Waals surface area contributed by atoms with Gasteiger partial charge in [-0.1, -0.05) is 20.8 Å². The Labute approximate surface area is 101 Å². The molecule has 0 spiro atoms. The highest BCUT2D eigenvalue weighted by atomic mass is 28.4. The third-order valence-electron chi connectivity index (χ3n) is 3.48. The third kappa shape index (κ3) is 4.95. The van der Waals surface area contributed by atoms with E-state index in [1.807, 2.05) is 0 Å². The van der Waals surface area contributed by atoms with Crippen molar-refractivity contribution in [1.29, 1.82) is 0 Å². The Balaban J connectivity index is 4.10. The van der Waals surface area contributed by atoms with Gasteiger partial charge < -0.3 is 14.6 Å². The summed E-state index contributed by atoms with van der Waals surface area (Å²) in [5.74, 6) is 0. The van der Waals surface area contributed by atoms with Gasteiger partial charge in [-0.05, 0) is 38.4 Å². The van der Waals surface area contributed by atoms with E-state index in [1.54, 1.807) is 13.8 Å². The Morgan fingerprint density at radius 3 is 1.88 bits per heavy atom. The average Bonchev–Trinajstić information content (AvgIpc) is 1.99. The van der Waals surface area contributed by atoms with E-state index >= 15 is 0 Å². The summed E-state index contributed by atoms with van der Waals surface area (Å²) >= 11 is 0. The van der Waals surface area contributed by atoms with Crippen molar-refractivity contribution in [3.63, 3.8) is 0 Å². The lowest BCUT2D eigenvalue weighted by Gasteiger charge is -2.36. The van der Waals surface area contributed by atoms with Gasteiger partial charge in [0.1, 0.15) is 0 Å². The topological polar surface area (TPSA) is 49.7 Å². The van der Waals surface area contributed by atoms with E-state index in [1.165, 1.54) is 0 Å². The zero-order chi connectivity index (χ0) is 13.2. The first-order valence-corrected chi connectivity index (χ1v) is 8.83. The molecule has 3 nitrogen and oxygen atoms in total. The molecule has 0 unspecified atom stereocenters. The maximum Gasteiger partial charge on any atom is 0.191 e. The fourth-order valence-electron chi connectivity index (χ4n) is 0.995. The minimum absolute atomic E-state index is 0.187. The molecule has 0 fully saturated rings. The zero-order valence-electron chi connectivity index (χ0n) is 11.8. The standard InChI is InChI=1S/C12H28O3Si/c1-11(2,3)16(6,7)15-9-8-10(13)12(4,5)14/h10,13-14H,8-9H2,1-7H3/t10-/m1/s1. The predicted octanol–water partition coefficient (Wildman–Crippen LogP) is 2.53. The number of aliphatic hydroxyl groups excluding tert-OH is 1. The van der Waals surface area contributed by atoms with E-state index < -0.39 is 20.0 Å². The number of hydrogen-bond acceptors (Lipinski definition) is 3. The van der Waals surface area contributed by atoms with Gasteiger partial charge in [0.15, 0.2) is 8.32 Å². The van der Waals surface area contributed by atoms with Crippen LogP contribution in [0.25, 0.3) is 0 Å². The Bertz CT molecular complexity index is 213. The van der Waals surface area contributed by atoms with Gasteiger partial charge in [0.05, 0.1) is 11.7 Å². The molecule has 0 aromatic rings. The Morgan fingerprint density at radius 1 is 1.12 bits per heavy atom. The van der Waals surface area contributed by atoms with E-state index in [0.29, 0.717) is 13.0 Å². The molecule has 2 N–H and O–H groups in total. The van der Waals surface area contributed by atoms with Crippen molar-refractivity contribution in [1.82, 2.24) is 0 Å². The first-order valence-electron chi connectivity index (χ1n) is 5.92. The van der Waals surface area contributed by atoms with E-state index in [9.17, 15) is 10.2 Å². The summed E-state index contributed by atoms with van der Waals surface area (Å²) in [6.07, 6.45) is -0.243. The van der Waals surface area contributed by atoms with E-state index in [2.05, 4.69) is 33.9 Å². The molecule has 4 heteroatoms. The van der Waals surface area contributed by atoms with Gasteiger partial charge in [-0.15, -0.1) is 0 Å². The van der Waals surface area contributed by atoms with Crippen molar-refractivity contribution < 1.29 is 14.6 Å². The van der Waals surface area contributed by atoms with Crippen molar-refractivity contribution in [2.45, 2.75) is 70.9 Å². The molecule has 0 heterocycles. The van der Waals surface area contributed by atoms with Gasteiger partial charge in [0.2, 0.25) is 0 Å². The van der Waals surface area contributed by atoms with Crippen LogP contribution in [-0.2, 0) is 4.43 Å².